The maximum Gasteiger partial charge on any atom is 0.347 e. The molecule has 0 spiro atoms. The first kappa shape index (κ1) is 26.8. The lowest BCUT2D eigenvalue weighted by Crippen LogP contribution is -2.51. The highest BCUT2D eigenvalue weighted by Gasteiger charge is 2.32. The highest BCUT2D eigenvalue weighted by molar-refractivity contribution is 6.99. The second-order valence-corrected chi connectivity index (χ2v) is 9.21. The highest BCUT2D eigenvalue weighted by atomic mass is 32.1. The minimum Gasteiger partial charge on any atom is -0.474 e. The number of morpholine rings is 1. The van der Waals surface area contributed by atoms with Gasteiger partial charge in [-0.25, -0.2) is 4.79 Å². The summed E-state index contributed by atoms with van der Waals surface area (Å²) in [5.74, 6) is -0.501. The minimum absolute atomic E-state index is 0.338. The van der Waals surface area contributed by atoms with Crippen molar-refractivity contribution in [3.05, 3.63) is 0 Å². The molecule has 33 heavy (non-hydrogen) atoms. The van der Waals surface area contributed by atoms with Gasteiger partial charge in [-0.1, -0.05) is 0 Å². The Balaban J connectivity index is 1.89. The van der Waals surface area contributed by atoms with Gasteiger partial charge in [-0.15, -0.1) is 4.37 Å². The van der Waals surface area contributed by atoms with Crippen LogP contribution in [0.25, 0.3) is 0 Å². The molecule has 0 aliphatic carbocycles. The molecular formula is C21H34N4O7S. The average molecular weight is 487 g/mol. The van der Waals surface area contributed by atoms with Gasteiger partial charge in [0, 0.05) is 32.1 Å². The number of carbonyl (C=O) groups is 3. The number of anilines is 1. The summed E-state index contributed by atoms with van der Waals surface area (Å²) >= 11 is 1.10. The SMILES string of the molecule is CC(=O)O[C@@H](C)C(=O)O[C@@H](C)C(=O)N(CCCOc1nsnc1N1CCOCC1)C(C)(C)C. The highest BCUT2D eigenvalue weighted by Crippen LogP contribution is 2.26. The fourth-order valence-electron chi connectivity index (χ4n) is 3.24. The zero-order valence-electron chi connectivity index (χ0n) is 20.2. The minimum atomic E-state index is -1.08. The molecule has 1 aromatic rings. The molecule has 11 nitrogen and oxygen atoms in total. The van der Waals surface area contributed by atoms with Crippen molar-refractivity contribution in [2.24, 2.45) is 0 Å². The average Bonchev–Trinajstić information content (AvgIpc) is 3.21. The van der Waals surface area contributed by atoms with Gasteiger partial charge in [-0.05, 0) is 41.0 Å². The van der Waals surface area contributed by atoms with Crippen LogP contribution in [0.3, 0.4) is 0 Å². The number of rotatable bonds is 10. The lowest BCUT2D eigenvalue weighted by Gasteiger charge is -2.37. The number of nitrogens with zero attached hydrogens (tertiary/aromatic N) is 4. The molecule has 0 saturated carbocycles. The summed E-state index contributed by atoms with van der Waals surface area (Å²) < 4.78 is 29.8. The van der Waals surface area contributed by atoms with E-state index < -0.39 is 29.7 Å². The third-order valence-electron chi connectivity index (χ3n) is 4.91. The van der Waals surface area contributed by atoms with Crippen molar-refractivity contribution in [3.63, 3.8) is 0 Å². The summed E-state index contributed by atoms with van der Waals surface area (Å²) in [4.78, 5) is 39.9. The van der Waals surface area contributed by atoms with Crippen LogP contribution in [-0.4, -0.2) is 88.7 Å². The standard InChI is InChI=1S/C21H34N4O7S/c1-14(32-20(28)15(2)31-16(3)26)19(27)25(21(4,5)6)8-7-11-30-18-17(22-33-23-18)24-9-12-29-13-10-24/h14-15H,7-13H2,1-6H3/t14-,15-/m0/s1. The zero-order chi connectivity index (χ0) is 24.6. The summed E-state index contributed by atoms with van der Waals surface area (Å²) in [5.41, 5.74) is -0.500. The molecule has 1 saturated heterocycles. The van der Waals surface area contributed by atoms with E-state index in [2.05, 4.69) is 13.6 Å². The molecule has 0 N–H and O–H groups in total. The Kier molecular flexibility index (Phi) is 9.84. The van der Waals surface area contributed by atoms with Gasteiger partial charge in [-0.3, -0.25) is 9.59 Å². The molecule has 12 heteroatoms. The van der Waals surface area contributed by atoms with Gasteiger partial charge in [-0.2, -0.15) is 4.37 Å². The van der Waals surface area contributed by atoms with Gasteiger partial charge in [0.2, 0.25) is 5.82 Å². The Morgan fingerprint density at radius 3 is 2.39 bits per heavy atom. The topological polar surface area (TPSA) is 120 Å². The number of esters is 2. The van der Waals surface area contributed by atoms with E-state index >= 15 is 0 Å². The van der Waals surface area contributed by atoms with E-state index in [1.54, 1.807) is 4.90 Å². The first-order chi connectivity index (χ1) is 15.5. The molecule has 2 rings (SSSR count). The molecule has 186 valence electrons. The Morgan fingerprint density at radius 1 is 1.12 bits per heavy atom. The van der Waals surface area contributed by atoms with Crippen molar-refractivity contribution in [2.75, 3.05) is 44.4 Å². The van der Waals surface area contributed by atoms with Crippen LogP contribution in [0.4, 0.5) is 5.82 Å². The van der Waals surface area contributed by atoms with Crippen LogP contribution in [0.2, 0.25) is 0 Å². The summed E-state index contributed by atoms with van der Waals surface area (Å²) in [6, 6.07) is 0. The quantitative estimate of drug-likeness (QED) is 0.356. The molecule has 1 amide bonds. The molecule has 0 radical (unpaired) electrons. The molecular weight excluding hydrogens is 452 g/mol. The third-order valence-corrected chi connectivity index (χ3v) is 5.41. The number of hydrogen-bond acceptors (Lipinski definition) is 11. The Hall–Kier alpha value is -2.47. The number of hydrogen-bond donors (Lipinski definition) is 0. The van der Waals surface area contributed by atoms with Crippen LogP contribution in [0.15, 0.2) is 0 Å². The van der Waals surface area contributed by atoms with Crippen LogP contribution in [-0.2, 0) is 28.6 Å². The van der Waals surface area contributed by atoms with Crippen LogP contribution in [0.5, 0.6) is 5.88 Å². The van der Waals surface area contributed by atoms with E-state index in [0.29, 0.717) is 38.7 Å². The molecule has 1 aliphatic heterocycles. The fourth-order valence-corrected chi connectivity index (χ4v) is 3.76. The molecule has 0 unspecified atom stereocenters. The first-order valence-electron chi connectivity index (χ1n) is 11.0. The van der Waals surface area contributed by atoms with Crippen LogP contribution < -0.4 is 9.64 Å². The Bertz CT molecular complexity index is 805. The van der Waals surface area contributed by atoms with Gasteiger partial charge >= 0.3 is 11.9 Å². The molecule has 1 fully saturated rings. The molecule has 2 atom stereocenters. The predicted molar refractivity (Wildman–Crippen MR) is 121 cm³/mol. The van der Waals surface area contributed by atoms with E-state index in [1.165, 1.54) is 20.8 Å². The summed E-state index contributed by atoms with van der Waals surface area (Å²) in [6.45, 7) is 13.3. The predicted octanol–water partition coefficient (Wildman–Crippen LogP) is 1.65. The zero-order valence-corrected chi connectivity index (χ0v) is 21.0. The summed E-state index contributed by atoms with van der Waals surface area (Å²) in [5, 5.41) is 0. The van der Waals surface area contributed by atoms with E-state index in [9.17, 15) is 14.4 Å². The molecule has 1 aromatic heterocycles. The van der Waals surface area contributed by atoms with Gasteiger partial charge in [0.05, 0.1) is 31.5 Å². The van der Waals surface area contributed by atoms with Crippen molar-refractivity contribution in [2.45, 2.75) is 65.7 Å². The normalized spacial score (nSPS) is 16.0. The monoisotopic (exact) mass is 486 g/mol. The number of ether oxygens (including phenoxy) is 4. The fraction of sp³-hybridized carbons (Fsp3) is 0.762. The molecule has 2 heterocycles. The van der Waals surface area contributed by atoms with Crippen LogP contribution in [0.1, 0.15) is 48.0 Å². The maximum atomic E-state index is 13.0. The smallest absolute Gasteiger partial charge is 0.347 e. The van der Waals surface area contributed by atoms with Gasteiger partial charge < -0.3 is 28.7 Å². The number of aromatic nitrogens is 2. The van der Waals surface area contributed by atoms with E-state index in [0.717, 1.165) is 30.6 Å². The van der Waals surface area contributed by atoms with E-state index in [1.807, 2.05) is 20.8 Å². The van der Waals surface area contributed by atoms with Gasteiger partial charge in [0.25, 0.3) is 11.8 Å². The lowest BCUT2D eigenvalue weighted by molar-refractivity contribution is -0.173. The number of carbonyl (C=O) groups excluding carboxylic acids is 3. The molecule has 0 aromatic carbocycles. The van der Waals surface area contributed by atoms with E-state index in [4.69, 9.17) is 18.9 Å². The van der Waals surface area contributed by atoms with Crippen molar-refractivity contribution in [3.8, 4) is 5.88 Å². The first-order valence-corrected chi connectivity index (χ1v) is 11.7. The van der Waals surface area contributed by atoms with Crippen molar-refractivity contribution in [1.82, 2.24) is 13.6 Å². The molecule has 1 aliphatic rings. The van der Waals surface area contributed by atoms with Crippen molar-refractivity contribution < 1.29 is 33.3 Å². The Labute approximate surface area is 198 Å². The van der Waals surface area contributed by atoms with Gasteiger partial charge in [0.1, 0.15) is 0 Å². The summed E-state index contributed by atoms with van der Waals surface area (Å²) in [7, 11) is 0. The second kappa shape index (κ2) is 12.1. The lowest BCUT2D eigenvalue weighted by atomic mass is 10.0. The summed E-state index contributed by atoms with van der Waals surface area (Å²) in [6.07, 6.45) is -1.55. The van der Waals surface area contributed by atoms with Crippen LogP contribution in [0, 0.1) is 0 Å². The third kappa shape index (κ3) is 8.11. The number of amides is 1. The maximum absolute atomic E-state index is 13.0. The van der Waals surface area contributed by atoms with Crippen molar-refractivity contribution in [1.29, 1.82) is 0 Å². The Morgan fingerprint density at radius 2 is 1.79 bits per heavy atom. The van der Waals surface area contributed by atoms with E-state index in [-0.39, 0.29) is 5.91 Å². The van der Waals surface area contributed by atoms with Gasteiger partial charge in [0.15, 0.2) is 12.2 Å². The van der Waals surface area contributed by atoms with Crippen molar-refractivity contribution >= 4 is 35.4 Å². The second-order valence-electron chi connectivity index (χ2n) is 8.69. The molecule has 0 bridgehead atoms. The largest absolute Gasteiger partial charge is 0.474 e. The van der Waals surface area contributed by atoms with Crippen LogP contribution >= 0.6 is 11.7 Å².